The molecule has 17 atom stereocenters. The Labute approximate surface area is 446 Å². The van der Waals surface area contributed by atoms with Crippen LogP contribution in [0.4, 0.5) is 0 Å². The minimum atomic E-state index is -1.98. The van der Waals surface area contributed by atoms with Gasteiger partial charge in [-0.25, -0.2) is 0 Å². The van der Waals surface area contributed by atoms with E-state index in [9.17, 15) is 61.0 Å². The Morgan fingerprint density at radius 3 is 1.39 bits per heavy atom. The molecule has 3 fully saturated rings. The molecule has 0 aromatic rings. The molecule has 1 amide bonds. The van der Waals surface area contributed by atoms with E-state index in [0.717, 1.165) is 70.6 Å². The zero-order valence-electron chi connectivity index (χ0n) is 45.0. The Bertz CT molecular complexity index is 1570. The molecule has 0 aromatic heterocycles. The molecule has 3 aliphatic heterocycles. The van der Waals surface area contributed by atoms with E-state index in [1.54, 1.807) is 6.08 Å². The summed E-state index contributed by atoms with van der Waals surface area (Å²) in [6.07, 6.45) is 15.5. The van der Waals surface area contributed by atoms with Gasteiger partial charge in [0.05, 0.1) is 38.6 Å². The Kier molecular flexibility index (Phi) is 35.8. The molecule has 19 nitrogen and oxygen atoms in total. The molecule has 436 valence electrons. The normalized spacial score (nSPS) is 31.6. The molecule has 17 unspecified atom stereocenters. The fraction of sp³-hybridized carbons (Fsp3) is 0.839. The first kappa shape index (κ1) is 67.0. The number of unbranched alkanes of at least 4 members (excludes halogenated alkanes) is 18. The molecule has 0 spiro atoms. The second-order valence-electron chi connectivity index (χ2n) is 20.4. The minimum Gasteiger partial charge on any atom is -0.394 e. The molecule has 0 bridgehead atoms. The van der Waals surface area contributed by atoms with Crippen LogP contribution in [0.5, 0.6) is 0 Å². The van der Waals surface area contributed by atoms with Crippen LogP contribution in [0.1, 0.15) is 168 Å². The lowest BCUT2D eigenvalue weighted by atomic mass is 9.96. The van der Waals surface area contributed by atoms with Crippen LogP contribution in [0.25, 0.3) is 0 Å². The first-order valence-electron chi connectivity index (χ1n) is 28.4. The largest absolute Gasteiger partial charge is 0.394 e. The molecule has 3 rings (SSSR count). The van der Waals surface area contributed by atoms with Gasteiger partial charge in [-0.15, -0.1) is 0 Å². The topological polar surface area (TPSA) is 307 Å². The summed E-state index contributed by atoms with van der Waals surface area (Å²) in [4.78, 5) is 13.2. The average Bonchev–Trinajstić information content (AvgIpc) is 3.41. The highest BCUT2D eigenvalue weighted by Crippen LogP contribution is 2.33. The quantitative estimate of drug-likeness (QED) is 0.0306. The summed E-state index contributed by atoms with van der Waals surface area (Å²) < 4.78 is 34.1. The van der Waals surface area contributed by atoms with E-state index in [1.807, 2.05) is 6.08 Å². The predicted octanol–water partition coefficient (Wildman–Crippen LogP) is 3.92. The van der Waals surface area contributed by atoms with Gasteiger partial charge in [-0.1, -0.05) is 146 Å². The van der Waals surface area contributed by atoms with E-state index in [0.29, 0.717) is 12.8 Å². The van der Waals surface area contributed by atoms with Gasteiger partial charge in [-0.05, 0) is 64.2 Å². The van der Waals surface area contributed by atoms with Crippen molar-refractivity contribution in [3.8, 4) is 0 Å². The molecule has 3 aliphatic rings. The number of hydrogen-bond acceptors (Lipinski definition) is 18. The van der Waals surface area contributed by atoms with E-state index < -0.39 is 124 Å². The second kappa shape index (κ2) is 40.0. The van der Waals surface area contributed by atoms with Crippen molar-refractivity contribution in [3.63, 3.8) is 0 Å². The van der Waals surface area contributed by atoms with Crippen LogP contribution < -0.4 is 5.32 Å². The zero-order valence-corrected chi connectivity index (χ0v) is 45.0. The van der Waals surface area contributed by atoms with Crippen molar-refractivity contribution in [2.45, 2.75) is 272 Å². The number of allylic oxidation sites excluding steroid dienone is 7. The summed E-state index contributed by atoms with van der Waals surface area (Å²) in [6.45, 7) is 1.59. The fourth-order valence-electron chi connectivity index (χ4n) is 9.34. The van der Waals surface area contributed by atoms with Gasteiger partial charge in [0.15, 0.2) is 18.9 Å². The molecule has 0 radical (unpaired) electrons. The number of aliphatic hydroxyl groups excluding tert-OH is 11. The molecule has 0 saturated carbocycles. The Morgan fingerprint density at radius 1 is 0.467 bits per heavy atom. The smallest absolute Gasteiger partial charge is 0.220 e. The Morgan fingerprint density at radius 2 is 0.880 bits per heavy atom. The summed E-state index contributed by atoms with van der Waals surface area (Å²) in [5.74, 6) is -0.305. The number of carbonyl (C=O) groups excluding carboxylic acids is 1. The summed E-state index contributed by atoms with van der Waals surface area (Å²) in [7, 11) is 0. The van der Waals surface area contributed by atoms with Crippen molar-refractivity contribution in [1.29, 1.82) is 0 Å². The van der Waals surface area contributed by atoms with Crippen molar-refractivity contribution in [1.82, 2.24) is 5.32 Å². The molecular formula is C56H99NO18. The lowest BCUT2D eigenvalue weighted by Crippen LogP contribution is -2.66. The zero-order chi connectivity index (χ0) is 54.8. The van der Waals surface area contributed by atoms with Crippen molar-refractivity contribution in [2.75, 3.05) is 26.4 Å². The van der Waals surface area contributed by atoms with E-state index in [-0.39, 0.29) is 18.9 Å². The van der Waals surface area contributed by atoms with Gasteiger partial charge in [0, 0.05) is 6.42 Å². The van der Waals surface area contributed by atoms with E-state index in [4.69, 9.17) is 28.4 Å². The van der Waals surface area contributed by atoms with Crippen molar-refractivity contribution >= 4 is 5.91 Å². The Hall–Kier alpha value is -2.25. The van der Waals surface area contributed by atoms with Gasteiger partial charge >= 0.3 is 0 Å². The number of carbonyl (C=O) groups is 1. The molecule has 0 aliphatic carbocycles. The maximum Gasteiger partial charge on any atom is 0.220 e. The number of nitrogens with one attached hydrogen (secondary N) is 1. The van der Waals surface area contributed by atoms with Crippen molar-refractivity contribution < 1.29 is 89.4 Å². The molecular weight excluding hydrogens is 975 g/mol. The third-order valence-electron chi connectivity index (χ3n) is 14.1. The summed E-state index contributed by atoms with van der Waals surface area (Å²) in [6, 6.07) is -0.998. The Balaban J connectivity index is 1.53. The van der Waals surface area contributed by atoms with E-state index in [1.165, 1.54) is 64.2 Å². The van der Waals surface area contributed by atoms with Crippen molar-refractivity contribution in [2.24, 2.45) is 0 Å². The number of hydrogen-bond donors (Lipinski definition) is 12. The van der Waals surface area contributed by atoms with E-state index >= 15 is 0 Å². The van der Waals surface area contributed by atoms with Crippen LogP contribution in [0.3, 0.4) is 0 Å². The third kappa shape index (κ3) is 24.8. The van der Waals surface area contributed by atoms with Crippen LogP contribution in [0, 0.1) is 0 Å². The first-order chi connectivity index (χ1) is 36.3. The summed E-state index contributed by atoms with van der Waals surface area (Å²) in [5, 5.41) is 120. The number of ether oxygens (including phenoxy) is 6. The molecule has 3 saturated heterocycles. The lowest BCUT2D eigenvalue weighted by Gasteiger charge is -2.48. The maximum atomic E-state index is 13.2. The van der Waals surface area contributed by atoms with Crippen molar-refractivity contribution in [3.05, 3.63) is 48.6 Å². The van der Waals surface area contributed by atoms with Gasteiger partial charge in [0.1, 0.15) is 73.2 Å². The van der Waals surface area contributed by atoms with Crippen LogP contribution in [0.15, 0.2) is 48.6 Å². The highest BCUT2D eigenvalue weighted by molar-refractivity contribution is 5.76. The highest BCUT2D eigenvalue weighted by Gasteiger charge is 2.53. The van der Waals surface area contributed by atoms with E-state index in [2.05, 4.69) is 55.6 Å². The monoisotopic (exact) mass is 1070 g/mol. The van der Waals surface area contributed by atoms with Gasteiger partial charge in [-0.2, -0.15) is 0 Å². The molecule has 75 heavy (non-hydrogen) atoms. The molecule has 19 heteroatoms. The summed E-state index contributed by atoms with van der Waals surface area (Å²) >= 11 is 0. The third-order valence-corrected chi connectivity index (χ3v) is 14.1. The predicted molar refractivity (Wildman–Crippen MR) is 282 cm³/mol. The molecule has 3 heterocycles. The van der Waals surface area contributed by atoms with Gasteiger partial charge < -0.3 is 89.9 Å². The standard InChI is InChI=1S/C56H99NO18/c1-3-5-7-9-11-13-15-16-17-18-19-20-21-22-23-24-25-27-29-31-33-40(61)39(57-44(62)34-32-30-28-26-14-12-10-8-6-4-2)38-70-54-50(68)47(65)52(42(36-59)72-54)75-56-51(69)48(66)53(43(37-60)73-56)74-55-49(67)46(64)45(63)41(35-58)71-55/h8,10,20-21,24-25,31,33,39-43,45-56,58-61,63-69H,3-7,9,11-19,22-23,26-30,32,34-38H2,1-2H3,(H,57,62)/b10-8-,21-20+,25-24+,33-31+. The lowest BCUT2D eigenvalue weighted by molar-refractivity contribution is -0.379. The SMILES string of the molecule is CCC/C=C\CCCCCCCC(=O)NC(COC1OC(CO)C(OC2OC(CO)C(OC3OC(CO)C(O)C(O)C3O)C(O)C2O)C(O)C1O)C(O)/C=C/CC/C=C/CC/C=C/CCCCCCCCCCCC. The van der Waals surface area contributed by atoms with Crippen LogP contribution in [-0.4, -0.2) is 193 Å². The second-order valence-corrected chi connectivity index (χ2v) is 20.4. The van der Waals surface area contributed by atoms with Gasteiger partial charge in [-0.3, -0.25) is 4.79 Å². The molecule has 0 aromatic carbocycles. The maximum absolute atomic E-state index is 13.2. The van der Waals surface area contributed by atoms with Crippen LogP contribution in [0.2, 0.25) is 0 Å². The highest BCUT2D eigenvalue weighted by atomic mass is 16.8. The molecule has 12 N–H and O–H groups in total. The minimum absolute atomic E-state index is 0.219. The van der Waals surface area contributed by atoms with Crippen LogP contribution in [-0.2, 0) is 33.2 Å². The number of aliphatic hydroxyl groups is 11. The summed E-state index contributed by atoms with van der Waals surface area (Å²) in [5.41, 5.74) is 0. The first-order valence-corrected chi connectivity index (χ1v) is 28.4. The number of amides is 1. The van der Waals surface area contributed by atoms with Gasteiger partial charge in [0.25, 0.3) is 0 Å². The van der Waals surface area contributed by atoms with Crippen LogP contribution >= 0.6 is 0 Å². The fourth-order valence-corrected chi connectivity index (χ4v) is 9.34. The number of rotatable bonds is 40. The average molecular weight is 1070 g/mol. The van der Waals surface area contributed by atoms with Gasteiger partial charge in [0.2, 0.25) is 5.91 Å².